The van der Waals surface area contributed by atoms with Crippen molar-refractivity contribution in [2.24, 2.45) is 0 Å². The van der Waals surface area contributed by atoms with Crippen molar-refractivity contribution in [2.75, 3.05) is 13.1 Å². The smallest absolute Gasteiger partial charge is 0.257 e. The third-order valence-electron chi connectivity index (χ3n) is 3.55. The quantitative estimate of drug-likeness (QED) is 0.922. The summed E-state index contributed by atoms with van der Waals surface area (Å²) in [5.74, 6) is 1.89. The van der Waals surface area contributed by atoms with Crippen LogP contribution < -0.4 is 5.32 Å². The number of nitrogens with zero attached hydrogens (tertiary/aromatic N) is 2. The van der Waals surface area contributed by atoms with Crippen molar-refractivity contribution in [3.63, 3.8) is 0 Å². The van der Waals surface area contributed by atoms with Crippen LogP contribution in [0.5, 0.6) is 0 Å². The summed E-state index contributed by atoms with van der Waals surface area (Å²) in [5.41, 5.74) is 2.15. The van der Waals surface area contributed by atoms with Crippen molar-refractivity contribution in [3.05, 3.63) is 34.1 Å². The average Bonchev–Trinajstić information content (AvgIpc) is 2.93. The van der Waals surface area contributed by atoms with Gasteiger partial charge in [0.05, 0.1) is 0 Å². The molecule has 1 aliphatic heterocycles. The van der Waals surface area contributed by atoms with Crippen LogP contribution in [0.3, 0.4) is 0 Å². The van der Waals surface area contributed by atoms with E-state index in [4.69, 9.17) is 4.52 Å². The number of benzene rings is 1. The molecule has 1 fully saturated rings. The van der Waals surface area contributed by atoms with Gasteiger partial charge in [-0.1, -0.05) is 21.1 Å². The van der Waals surface area contributed by atoms with Crippen molar-refractivity contribution in [3.8, 4) is 11.5 Å². The maximum atomic E-state index is 5.40. The van der Waals surface area contributed by atoms with E-state index in [9.17, 15) is 0 Å². The first-order valence-corrected chi connectivity index (χ1v) is 7.34. The minimum atomic E-state index is 0.426. The lowest BCUT2D eigenvalue weighted by Crippen LogP contribution is -2.27. The Bertz CT molecular complexity index is 576. The Morgan fingerprint density at radius 1 is 1.32 bits per heavy atom. The van der Waals surface area contributed by atoms with Gasteiger partial charge in [-0.25, -0.2) is 0 Å². The maximum absolute atomic E-state index is 5.40. The second kappa shape index (κ2) is 5.43. The molecule has 0 amide bonds. The molecule has 1 aromatic heterocycles. The van der Waals surface area contributed by atoms with Crippen LogP contribution in [0.4, 0.5) is 0 Å². The van der Waals surface area contributed by atoms with Gasteiger partial charge in [0.1, 0.15) is 0 Å². The number of halogens is 1. The average molecular weight is 322 g/mol. The Hall–Kier alpha value is -1.20. The number of hydrogen-bond acceptors (Lipinski definition) is 4. The second-order valence-electron chi connectivity index (χ2n) is 4.95. The van der Waals surface area contributed by atoms with E-state index in [0.717, 1.165) is 41.8 Å². The van der Waals surface area contributed by atoms with Crippen LogP contribution >= 0.6 is 15.9 Å². The number of rotatable bonds is 2. The minimum Gasteiger partial charge on any atom is -0.334 e. The lowest BCUT2D eigenvalue weighted by atomic mass is 9.98. The third kappa shape index (κ3) is 2.72. The van der Waals surface area contributed by atoms with Crippen LogP contribution in [0.1, 0.15) is 30.1 Å². The molecule has 0 saturated carbocycles. The predicted octanol–water partition coefficient (Wildman–Crippen LogP) is 3.27. The minimum absolute atomic E-state index is 0.426. The van der Waals surface area contributed by atoms with Gasteiger partial charge < -0.3 is 9.84 Å². The van der Waals surface area contributed by atoms with E-state index in [2.05, 4.69) is 44.4 Å². The molecule has 1 aliphatic rings. The van der Waals surface area contributed by atoms with Crippen LogP contribution in [-0.4, -0.2) is 23.2 Å². The van der Waals surface area contributed by atoms with Gasteiger partial charge in [0.25, 0.3) is 5.89 Å². The van der Waals surface area contributed by atoms with E-state index in [1.807, 2.05) is 12.1 Å². The monoisotopic (exact) mass is 321 g/mol. The Labute approximate surface area is 120 Å². The Balaban J connectivity index is 1.85. The zero-order valence-electron chi connectivity index (χ0n) is 10.8. The van der Waals surface area contributed by atoms with Crippen molar-refractivity contribution in [1.82, 2.24) is 15.5 Å². The van der Waals surface area contributed by atoms with E-state index in [1.54, 1.807) is 0 Å². The molecule has 1 aromatic carbocycles. The van der Waals surface area contributed by atoms with Crippen molar-refractivity contribution in [2.45, 2.75) is 25.7 Å². The van der Waals surface area contributed by atoms with Gasteiger partial charge in [0.2, 0.25) is 0 Å². The second-order valence-corrected chi connectivity index (χ2v) is 5.80. The van der Waals surface area contributed by atoms with E-state index in [0.29, 0.717) is 11.8 Å². The number of aryl methyl sites for hydroxylation is 1. The molecule has 100 valence electrons. The lowest BCUT2D eigenvalue weighted by Gasteiger charge is -2.18. The van der Waals surface area contributed by atoms with Crippen LogP contribution in [-0.2, 0) is 0 Å². The normalized spacial score (nSPS) is 16.7. The first-order chi connectivity index (χ1) is 9.24. The summed E-state index contributed by atoms with van der Waals surface area (Å²) < 4.78 is 6.49. The van der Waals surface area contributed by atoms with Gasteiger partial charge in [0.15, 0.2) is 5.82 Å². The zero-order chi connectivity index (χ0) is 13.2. The third-order valence-corrected chi connectivity index (χ3v) is 4.44. The summed E-state index contributed by atoms with van der Waals surface area (Å²) in [4.78, 5) is 4.55. The molecule has 2 heterocycles. The Kier molecular flexibility index (Phi) is 3.66. The molecule has 0 aliphatic carbocycles. The number of hydrogen-bond donors (Lipinski definition) is 1. The summed E-state index contributed by atoms with van der Waals surface area (Å²) in [7, 11) is 0. The van der Waals surface area contributed by atoms with Gasteiger partial charge in [-0.2, -0.15) is 4.98 Å². The van der Waals surface area contributed by atoms with Crippen molar-refractivity contribution < 1.29 is 4.52 Å². The van der Waals surface area contributed by atoms with E-state index < -0.39 is 0 Å². The van der Waals surface area contributed by atoms with Crippen LogP contribution in [0.2, 0.25) is 0 Å². The number of piperidine rings is 1. The predicted molar refractivity (Wildman–Crippen MR) is 77.0 cm³/mol. The topological polar surface area (TPSA) is 51.0 Å². The molecule has 3 rings (SSSR count). The fourth-order valence-corrected chi connectivity index (χ4v) is 2.62. The number of nitrogens with one attached hydrogen (secondary N) is 1. The molecule has 0 bridgehead atoms. The SMILES string of the molecule is Cc1cc(-c2nc(C3CCNCC3)no2)ccc1Br. The summed E-state index contributed by atoms with van der Waals surface area (Å²) in [6, 6.07) is 6.07. The zero-order valence-corrected chi connectivity index (χ0v) is 12.4. The van der Waals surface area contributed by atoms with Crippen molar-refractivity contribution in [1.29, 1.82) is 0 Å². The first-order valence-electron chi connectivity index (χ1n) is 6.55. The van der Waals surface area contributed by atoms with Gasteiger partial charge >= 0.3 is 0 Å². The van der Waals surface area contributed by atoms with Gasteiger partial charge in [-0.15, -0.1) is 0 Å². The van der Waals surface area contributed by atoms with Crippen LogP contribution in [0, 0.1) is 6.92 Å². The first kappa shape index (κ1) is 12.8. The van der Waals surface area contributed by atoms with E-state index in [1.165, 1.54) is 5.56 Å². The molecule has 0 atom stereocenters. The number of aromatic nitrogens is 2. The van der Waals surface area contributed by atoms with Gasteiger partial charge in [-0.05, 0) is 56.6 Å². The molecule has 1 N–H and O–H groups in total. The molecular formula is C14H16BrN3O. The maximum Gasteiger partial charge on any atom is 0.257 e. The Morgan fingerprint density at radius 2 is 2.11 bits per heavy atom. The largest absolute Gasteiger partial charge is 0.334 e. The van der Waals surface area contributed by atoms with Crippen LogP contribution in [0.15, 0.2) is 27.2 Å². The summed E-state index contributed by atoms with van der Waals surface area (Å²) in [6.45, 7) is 4.12. The molecule has 0 unspecified atom stereocenters. The molecule has 1 saturated heterocycles. The summed E-state index contributed by atoms with van der Waals surface area (Å²) in [6.07, 6.45) is 2.16. The fourth-order valence-electron chi connectivity index (χ4n) is 2.38. The molecule has 4 nitrogen and oxygen atoms in total. The van der Waals surface area contributed by atoms with Gasteiger partial charge in [0, 0.05) is 16.0 Å². The highest BCUT2D eigenvalue weighted by Crippen LogP contribution is 2.27. The molecule has 2 aromatic rings. The molecule has 0 radical (unpaired) electrons. The molecule has 0 spiro atoms. The molecule has 5 heteroatoms. The highest BCUT2D eigenvalue weighted by atomic mass is 79.9. The molecule has 19 heavy (non-hydrogen) atoms. The standard InChI is InChI=1S/C14H16BrN3O/c1-9-8-11(2-3-12(9)15)14-17-13(18-19-14)10-4-6-16-7-5-10/h2-3,8,10,16H,4-7H2,1H3. The molecular weight excluding hydrogens is 306 g/mol. The summed E-state index contributed by atoms with van der Waals surface area (Å²) >= 11 is 3.50. The highest BCUT2D eigenvalue weighted by molar-refractivity contribution is 9.10. The Morgan fingerprint density at radius 3 is 2.84 bits per heavy atom. The van der Waals surface area contributed by atoms with E-state index in [-0.39, 0.29) is 0 Å². The highest BCUT2D eigenvalue weighted by Gasteiger charge is 2.21. The summed E-state index contributed by atoms with van der Waals surface area (Å²) in [5, 5.41) is 7.49. The fraction of sp³-hybridized carbons (Fsp3) is 0.429. The van der Waals surface area contributed by atoms with Crippen LogP contribution in [0.25, 0.3) is 11.5 Å². The van der Waals surface area contributed by atoms with Gasteiger partial charge in [-0.3, -0.25) is 0 Å². The van der Waals surface area contributed by atoms with E-state index >= 15 is 0 Å². The van der Waals surface area contributed by atoms with Crippen molar-refractivity contribution >= 4 is 15.9 Å². The lowest BCUT2D eigenvalue weighted by molar-refractivity contribution is 0.392.